The van der Waals surface area contributed by atoms with Crippen LogP contribution in [0.2, 0.25) is 0 Å². The molecule has 0 radical (unpaired) electrons. The van der Waals surface area contributed by atoms with Crippen LogP contribution in [0.5, 0.6) is 5.75 Å². The van der Waals surface area contributed by atoms with E-state index in [1.165, 1.54) is 7.11 Å². The first-order valence-corrected chi connectivity index (χ1v) is 7.52. The van der Waals surface area contributed by atoms with E-state index in [0.29, 0.717) is 12.4 Å². The lowest BCUT2D eigenvalue weighted by molar-refractivity contribution is -0.143. The number of nitrogens with zero attached hydrogens (tertiary/aromatic N) is 1. The Morgan fingerprint density at radius 3 is 2.87 bits per heavy atom. The van der Waals surface area contributed by atoms with Gasteiger partial charge in [-0.1, -0.05) is 24.8 Å². The summed E-state index contributed by atoms with van der Waals surface area (Å²) in [7, 11) is 1.20. The van der Waals surface area contributed by atoms with Crippen LogP contribution in [0.1, 0.15) is 5.56 Å². The average molecular weight is 333 g/mol. The molecule has 1 aliphatic heterocycles. The number of ether oxygens (including phenoxy) is 2. The highest BCUT2D eigenvalue weighted by Gasteiger charge is 2.36. The molecule has 0 aromatic heterocycles. The molecule has 0 N–H and O–H groups in total. The number of esters is 1. The molecule has 1 aliphatic rings. The van der Waals surface area contributed by atoms with Gasteiger partial charge in [0.25, 0.3) is 11.1 Å². The predicted octanol–water partition coefficient (Wildman–Crippen LogP) is 2.46. The molecule has 1 aromatic rings. The molecule has 0 unspecified atom stereocenters. The maximum atomic E-state index is 12.2. The maximum Gasteiger partial charge on any atom is 0.325 e. The van der Waals surface area contributed by atoms with E-state index < -0.39 is 17.1 Å². The fourth-order valence-electron chi connectivity index (χ4n) is 1.83. The van der Waals surface area contributed by atoms with E-state index in [9.17, 15) is 14.4 Å². The van der Waals surface area contributed by atoms with Crippen molar-refractivity contribution >= 4 is 35.0 Å². The van der Waals surface area contributed by atoms with Crippen LogP contribution in [-0.2, 0) is 14.3 Å². The summed E-state index contributed by atoms with van der Waals surface area (Å²) < 4.78 is 9.90. The lowest BCUT2D eigenvalue weighted by Gasteiger charge is -2.09. The van der Waals surface area contributed by atoms with Crippen LogP contribution in [0.3, 0.4) is 0 Å². The topological polar surface area (TPSA) is 72.9 Å². The Hall–Kier alpha value is -2.54. The van der Waals surface area contributed by atoms with Gasteiger partial charge in [-0.05, 0) is 35.5 Å². The molecule has 120 valence electrons. The number of carbonyl (C=O) groups excluding carboxylic acids is 3. The molecule has 0 spiro atoms. The number of amides is 2. The number of hydrogen-bond donors (Lipinski definition) is 0. The maximum absolute atomic E-state index is 12.2. The summed E-state index contributed by atoms with van der Waals surface area (Å²) in [5.41, 5.74) is 0.718. The van der Waals surface area contributed by atoms with Gasteiger partial charge in [-0.3, -0.25) is 19.3 Å². The number of methoxy groups -OCH3 is 1. The summed E-state index contributed by atoms with van der Waals surface area (Å²) in [5.74, 6) is -0.524. The number of hydrogen-bond acceptors (Lipinski definition) is 6. The first kappa shape index (κ1) is 16.8. The standard InChI is InChI=1S/C16H15NO5S/c1-3-7-22-12-6-4-5-11(8-12)9-13-15(19)17(16(20)23-13)10-14(18)21-2/h3-6,8-9H,1,7,10H2,2H3/b13-9+. The van der Waals surface area contributed by atoms with Crippen molar-refractivity contribution in [1.29, 1.82) is 0 Å². The van der Waals surface area contributed by atoms with Crippen molar-refractivity contribution in [3.63, 3.8) is 0 Å². The number of carbonyl (C=O) groups is 3. The minimum Gasteiger partial charge on any atom is -0.490 e. The van der Waals surface area contributed by atoms with Crippen LogP contribution in [-0.4, -0.2) is 42.3 Å². The second-order valence-electron chi connectivity index (χ2n) is 4.52. The van der Waals surface area contributed by atoms with Gasteiger partial charge in [0.05, 0.1) is 12.0 Å². The van der Waals surface area contributed by atoms with Crippen molar-refractivity contribution < 1.29 is 23.9 Å². The van der Waals surface area contributed by atoms with Crippen molar-refractivity contribution in [2.24, 2.45) is 0 Å². The number of rotatable bonds is 6. The zero-order chi connectivity index (χ0) is 16.8. The summed E-state index contributed by atoms with van der Waals surface area (Å²) >= 11 is 0.787. The van der Waals surface area contributed by atoms with Gasteiger partial charge in [0.15, 0.2) is 0 Å². The summed E-state index contributed by atoms with van der Waals surface area (Å²) in [5, 5.41) is -0.495. The van der Waals surface area contributed by atoms with Crippen LogP contribution < -0.4 is 4.74 Å². The minimum absolute atomic E-state index is 0.250. The van der Waals surface area contributed by atoms with Gasteiger partial charge in [0, 0.05) is 0 Å². The van der Waals surface area contributed by atoms with Crippen LogP contribution in [0.15, 0.2) is 41.8 Å². The highest BCUT2D eigenvalue weighted by molar-refractivity contribution is 8.18. The Bertz CT molecular complexity index is 683. The molecule has 1 saturated heterocycles. The fraction of sp³-hybridized carbons (Fsp3) is 0.188. The quantitative estimate of drug-likeness (QED) is 0.452. The highest BCUT2D eigenvalue weighted by Crippen LogP contribution is 2.32. The van der Waals surface area contributed by atoms with Gasteiger partial charge >= 0.3 is 5.97 Å². The average Bonchev–Trinajstić information content (AvgIpc) is 2.80. The predicted molar refractivity (Wildman–Crippen MR) is 86.8 cm³/mol. The zero-order valence-electron chi connectivity index (χ0n) is 12.5. The lowest BCUT2D eigenvalue weighted by Crippen LogP contribution is -2.34. The van der Waals surface area contributed by atoms with Gasteiger partial charge in [0.2, 0.25) is 0 Å². The van der Waals surface area contributed by atoms with Crippen LogP contribution in [0.4, 0.5) is 4.79 Å². The van der Waals surface area contributed by atoms with E-state index in [1.807, 2.05) is 0 Å². The normalized spacial score (nSPS) is 15.9. The molecule has 0 aliphatic carbocycles. The van der Waals surface area contributed by atoms with Gasteiger partial charge in [-0.15, -0.1) is 0 Å². The Morgan fingerprint density at radius 2 is 2.17 bits per heavy atom. The molecule has 0 saturated carbocycles. The van der Waals surface area contributed by atoms with E-state index >= 15 is 0 Å². The molecule has 6 nitrogen and oxygen atoms in total. The number of thioether (sulfide) groups is 1. The monoisotopic (exact) mass is 333 g/mol. The Kier molecular flexibility index (Phi) is 5.59. The van der Waals surface area contributed by atoms with Gasteiger partial charge in [0.1, 0.15) is 18.9 Å². The minimum atomic E-state index is -0.645. The van der Waals surface area contributed by atoms with E-state index in [0.717, 1.165) is 22.2 Å². The highest BCUT2D eigenvalue weighted by atomic mass is 32.2. The van der Waals surface area contributed by atoms with Crippen molar-refractivity contribution in [2.75, 3.05) is 20.3 Å². The molecular formula is C16H15NO5S. The molecule has 1 heterocycles. The molecule has 23 heavy (non-hydrogen) atoms. The number of benzene rings is 1. The summed E-state index contributed by atoms with van der Waals surface area (Å²) in [4.78, 5) is 36.4. The third-order valence-electron chi connectivity index (χ3n) is 2.91. The lowest BCUT2D eigenvalue weighted by atomic mass is 10.2. The fourth-order valence-corrected chi connectivity index (χ4v) is 2.67. The van der Waals surface area contributed by atoms with Crippen molar-refractivity contribution in [1.82, 2.24) is 4.90 Å². The van der Waals surface area contributed by atoms with Gasteiger partial charge in [-0.25, -0.2) is 0 Å². The molecule has 1 aromatic carbocycles. The van der Waals surface area contributed by atoms with Crippen LogP contribution in [0, 0.1) is 0 Å². The third kappa shape index (κ3) is 4.23. The van der Waals surface area contributed by atoms with E-state index in [1.54, 1.807) is 36.4 Å². The first-order chi connectivity index (χ1) is 11.0. The molecule has 7 heteroatoms. The van der Waals surface area contributed by atoms with Crippen molar-refractivity contribution in [2.45, 2.75) is 0 Å². The third-order valence-corrected chi connectivity index (χ3v) is 3.82. The van der Waals surface area contributed by atoms with Gasteiger partial charge in [-0.2, -0.15) is 0 Å². The second-order valence-corrected chi connectivity index (χ2v) is 5.51. The van der Waals surface area contributed by atoms with E-state index in [-0.39, 0.29) is 11.4 Å². The molecule has 2 rings (SSSR count). The molecule has 1 fully saturated rings. The van der Waals surface area contributed by atoms with E-state index in [2.05, 4.69) is 11.3 Å². The second kappa shape index (κ2) is 7.64. The molecule has 2 amide bonds. The Morgan fingerprint density at radius 1 is 1.39 bits per heavy atom. The van der Waals surface area contributed by atoms with Gasteiger partial charge < -0.3 is 9.47 Å². The summed E-state index contributed by atoms with van der Waals surface area (Å²) in [6.07, 6.45) is 3.22. The zero-order valence-corrected chi connectivity index (χ0v) is 13.3. The number of imide groups is 1. The molecule has 0 bridgehead atoms. The Balaban J connectivity index is 2.17. The van der Waals surface area contributed by atoms with Crippen LogP contribution >= 0.6 is 11.8 Å². The van der Waals surface area contributed by atoms with Crippen molar-refractivity contribution in [3.05, 3.63) is 47.4 Å². The molecular weight excluding hydrogens is 318 g/mol. The first-order valence-electron chi connectivity index (χ1n) is 6.71. The smallest absolute Gasteiger partial charge is 0.325 e. The summed E-state index contributed by atoms with van der Waals surface area (Å²) in [6, 6.07) is 7.10. The largest absolute Gasteiger partial charge is 0.490 e. The van der Waals surface area contributed by atoms with E-state index in [4.69, 9.17) is 4.74 Å². The summed E-state index contributed by atoms with van der Waals surface area (Å²) in [6.45, 7) is 3.56. The van der Waals surface area contributed by atoms with Crippen molar-refractivity contribution in [3.8, 4) is 5.75 Å². The Labute approximate surface area is 137 Å². The van der Waals surface area contributed by atoms with Crippen LogP contribution in [0.25, 0.3) is 6.08 Å². The SMILES string of the molecule is C=CCOc1cccc(/C=C2/SC(=O)N(CC(=O)OC)C2=O)c1. The molecule has 0 atom stereocenters.